The summed E-state index contributed by atoms with van der Waals surface area (Å²) in [7, 11) is 0. The molecule has 3 nitrogen and oxygen atoms in total. The number of nitrogens with one attached hydrogen (secondary N) is 2. The van der Waals surface area contributed by atoms with Gasteiger partial charge in [0.15, 0.2) is 0 Å². The molecule has 1 aromatic rings. The van der Waals surface area contributed by atoms with E-state index in [4.69, 9.17) is 0 Å². The normalized spacial score (nSPS) is 16.2. The van der Waals surface area contributed by atoms with Crippen molar-refractivity contribution < 1.29 is 0 Å². The largest absolute Gasteiger partial charge is 0.365 e. The molecule has 2 N–H and O–H groups in total. The van der Waals surface area contributed by atoms with E-state index in [0.29, 0.717) is 0 Å². The van der Waals surface area contributed by atoms with E-state index >= 15 is 0 Å². The Morgan fingerprint density at radius 1 is 1.38 bits per heavy atom. The highest BCUT2D eigenvalue weighted by Crippen LogP contribution is 2.21. The van der Waals surface area contributed by atoms with Gasteiger partial charge < -0.3 is 10.6 Å². The van der Waals surface area contributed by atoms with Crippen molar-refractivity contribution in [2.24, 2.45) is 0 Å². The van der Waals surface area contributed by atoms with Crippen molar-refractivity contribution in [3.05, 3.63) is 23.9 Å². The van der Waals surface area contributed by atoms with Crippen molar-refractivity contribution in [1.82, 2.24) is 10.3 Å². The Morgan fingerprint density at radius 3 is 2.75 bits per heavy atom. The molecule has 0 unspecified atom stereocenters. The molecule has 0 aliphatic heterocycles. The molecule has 3 heteroatoms. The number of pyridine rings is 1. The lowest BCUT2D eigenvalue weighted by atomic mass is 10.1. The van der Waals surface area contributed by atoms with E-state index in [1.54, 1.807) is 0 Å². The Balaban J connectivity index is 2.03. The predicted octanol–water partition coefficient (Wildman–Crippen LogP) is 2.54. The van der Waals surface area contributed by atoms with Crippen molar-refractivity contribution in [1.29, 1.82) is 0 Å². The van der Waals surface area contributed by atoms with Gasteiger partial charge in [-0.05, 0) is 39.7 Å². The molecule has 0 atom stereocenters. The fourth-order valence-electron chi connectivity index (χ4n) is 1.59. The third-order valence-corrected chi connectivity index (χ3v) is 2.54. The topological polar surface area (TPSA) is 37.0 Å². The molecule has 1 aromatic heterocycles. The predicted molar refractivity (Wildman–Crippen MR) is 67.5 cm³/mol. The van der Waals surface area contributed by atoms with Crippen LogP contribution in [0.4, 0.5) is 5.82 Å². The summed E-state index contributed by atoms with van der Waals surface area (Å²) in [6, 6.07) is 4.87. The lowest BCUT2D eigenvalue weighted by Crippen LogP contribution is -2.28. The van der Waals surface area contributed by atoms with Crippen LogP contribution in [0.1, 0.15) is 39.2 Å². The van der Waals surface area contributed by atoms with Crippen LogP contribution in [0.5, 0.6) is 0 Å². The van der Waals surface area contributed by atoms with Crippen molar-refractivity contribution >= 4 is 5.82 Å². The summed E-state index contributed by atoms with van der Waals surface area (Å²) in [4.78, 5) is 4.41. The molecule has 2 rings (SSSR count). The minimum atomic E-state index is 0.0582. The standard InChI is InChI=1S/C13H21N3/c1-13(2,3)16-12-10(5-4-8-14-12)9-15-11-6-7-11/h4-5,8,11,15H,6-7,9H2,1-3H3,(H,14,16). The summed E-state index contributed by atoms with van der Waals surface area (Å²) in [5, 5.41) is 6.96. The molecule has 0 aromatic carbocycles. The van der Waals surface area contributed by atoms with Gasteiger partial charge in [0.05, 0.1) is 0 Å². The third-order valence-electron chi connectivity index (χ3n) is 2.54. The summed E-state index contributed by atoms with van der Waals surface area (Å²) in [6.45, 7) is 7.37. The van der Waals surface area contributed by atoms with Gasteiger partial charge in [-0.15, -0.1) is 0 Å². The van der Waals surface area contributed by atoms with Crippen molar-refractivity contribution in [3.63, 3.8) is 0 Å². The molecule has 16 heavy (non-hydrogen) atoms. The molecular weight excluding hydrogens is 198 g/mol. The molecule has 1 aliphatic rings. The van der Waals surface area contributed by atoms with Gasteiger partial charge >= 0.3 is 0 Å². The average molecular weight is 219 g/mol. The smallest absolute Gasteiger partial charge is 0.130 e. The lowest BCUT2D eigenvalue weighted by molar-refractivity contribution is 0.624. The van der Waals surface area contributed by atoms with E-state index in [1.165, 1.54) is 18.4 Å². The Morgan fingerprint density at radius 2 is 2.12 bits per heavy atom. The first kappa shape index (κ1) is 11.4. The summed E-state index contributed by atoms with van der Waals surface area (Å²) in [5.41, 5.74) is 1.31. The number of hydrogen-bond donors (Lipinski definition) is 2. The molecule has 0 saturated heterocycles. The summed E-state index contributed by atoms with van der Waals surface area (Å²) in [5.74, 6) is 1.00. The number of nitrogens with zero attached hydrogens (tertiary/aromatic N) is 1. The van der Waals surface area contributed by atoms with Crippen LogP contribution in [-0.2, 0) is 6.54 Å². The molecule has 0 radical (unpaired) electrons. The summed E-state index contributed by atoms with van der Waals surface area (Å²) < 4.78 is 0. The Bertz CT molecular complexity index is 350. The second-order valence-corrected chi connectivity index (χ2v) is 5.54. The first-order valence-electron chi connectivity index (χ1n) is 6.00. The Labute approximate surface area is 97.7 Å². The van der Waals surface area contributed by atoms with E-state index < -0.39 is 0 Å². The Kier molecular flexibility index (Phi) is 3.15. The number of hydrogen-bond acceptors (Lipinski definition) is 3. The minimum absolute atomic E-state index is 0.0582. The van der Waals surface area contributed by atoms with Crippen LogP contribution >= 0.6 is 0 Å². The molecule has 1 heterocycles. The maximum atomic E-state index is 4.41. The van der Waals surface area contributed by atoms with Gasteiger partial charge in [0.1, 0.15) is 5.82 Å². The Hall–Kier alpha value is -1.09. The highest BCUT2D eigenvalue weighted by atomic mass is 15.0. The molecule has 0 spiro atoms. The van der Waals surface area contributed by atoms with E-state index in [2.05, 4.69) is 42.5 Å². The number of anilines is 1. The van der Waals surface area contributed by atoms with Crippen LogP contribution in [0.25, 0.3) is 0 Å². The summed E-state index contributed by atoms with van der Waals surface area (Å²) >= 11 is 0. The number of rotatable bonds is 4. The highest BCUT2D eigenvalue weighted by Gasteiger charge is 2.21. The van der Waals surface area contributed by atoms with Gasteiger partial charge in [-0.3, -0.25) is 0 Å². The SMILES string of the molecule is CC(C)(C)Nc1ncccc1CNC1CC1. The zero-order valence-electron chi connectivity index (χ0n) is 10.4. The minimum Gasteiger partial charge on any atom is -0.365 e. The van der Waals surface area contributed by atoms with Crippen molar-refractivity contribution in [3.8, 4) is 0 Å². The van der Waals surface area contributed by atoms with Crippen molar-refractivity contribution in [2.75, 3.05) is 5.32 Å². The first-order valence-corrected chi connectivity index (χ1v) is 6.00. The van der Waals surface area contributed by atoms with E-state index in [1.807, 2.05) is 12.3 Å². The highest BCUT2D eigenvalue weighted by molar-refractivity contribution is 5.45. The van der Waals surface area contributed by atoms with Crippen LogP contribution in [0.2, 0.25) is 0 Å². The number of aromatic nitrogens is 1. The maximum absolute atomic E-state index is 4.41. The zero-order valence-corrected chi connectivity index (χ0v) is 10.4. The van der Waals surface area contributed by atoms with Gasteiger partial charge in [-0.1, -0.05) is 6.07 Å². The third kappa shape index (κ3) is 3.49. The maximum Gasteiger partial charge on any atom is 0.130 e. The molecule has 88 valence electrons. The zero-order chi connectivity index (χ0) is 11.6. The van der Waals surface area contributed by atoms with Crippen LogP contribution in [-0.4, -0.2) is 16.6 Å². The molecule has 0 bridgehead atoms. The first-order chi connectivity index (χ1) is 7.54. The van der Waals surface area contributed by atoms with Gasteiger partial charge in [0.25, 0.3) is 0 Å². The van der Waals surface area contributed by atoms with Crippen LogP contribution in [0.15, 0.2) is 18.3 Å². The van der Waals surface area contributed by atoms with E-state index in [9.17, 15) is 0 Å². The van der Waals surface area contributed by atoms with E-state index in [0.717, 1.165) is 18.4 Å². The monoisotopic (exact) mass is 219 g/mol. The van der Waals surface area contributed by atoms with Gasteiger partial charge in [0, 0.05) is 29.9 Å². The average Bonchev–Trinajstić information content (AvgIpc) is 2.98. The second kappa shape index (κ2) is 4.42. The summed E-state index contributed by atoms with van der Waals surface area (Å²) in [6.07, 6.45) is 4.49. The van der Waals surface area contributed by atoms with Crippen LogP contribution in [0.3, 0.4) is 0 Å². The molecule has 1 fully saturated rings. The van der Waals surface area contributed by atoms with Crippen LogP contribution in [0, 0.1) is 0 Å². The molecule has 1 saturated carbocycles. The van der Waals surface area contributed by atoms with Gasteiger partial charge in [-0.25, -0.2) is 4.98 Å². The van der Waals surface area contributed by atoms with Gasteiger partial charge in [0.2, 0.25) is 0 Å². The van der Waals surface area contributed by atoms with Gasteiger partial charge in [-0.2, -0.15) is 0 Å². The second-order valence-electron chi connectivity index (χ2n) is 5.54. The molecule has 1 aliphatic carbocycles. The van der Waals surface area contributed by atoms with Crippen molar-refractivity contribution in [2.45, 2.75) is 51.7 Å². The van der Waals surface area contributed by atoms with Crippen LogP contribution < -0.4 is 10.6 Å². The lowest BCUT2D eigenvalue weighted by Gasteiger charge is -2.23. The fraction of sp³-hybridized carbons (Fsp3) is 0.615. The molecule has 0 amide bonds. The fourth-order valence-corrected chi connectivity index (χ4v) is 1.59. The quantitative estimate of drug-likeness (QED) is 0.817. The molecular formula is C13H21N3. The van der Waals surface area contributed by atoms with E-state index in [-0.39, 0.29) is 5.54 Å².